The molecule has 0 unspecified atom stereocenters. The van der Waals surface area contributed by atoms with Crippen molar-refractivity contribution in [3.8, 4) is 0 Å². The first-order valence-corrected chi connectivity index (χ1v) is 6.22. The molecule has 2 rings (SSSR count). The number of carbonyl (C=O) groups is 2. The third kappa shape index (κ3) is 16.6. The van der Waals surface area contributed by atoms with Crippen molar-refractivity contribution in [2.24, 2.45) is 0 Å². The summed E-state index contributed by atoms with van der Waals surface area (Å²) in [6.07, 6.45) is 5.81. The average Bonchev–Trinajstić information content (AvgIpc) is 2.40. The summed E-state index contributed by atoms with van der Waals surface area (Å²) in [6, 6.07) is 6.95. The zero-order valence-corrected chi connectivity index (χ0v) is 14.8. The van der Waals surface area contributed by atoms with Gasteiger partial charge in [0, 0.05) is 55.9 Å². The Balaban J connectivity index is 0. The van der Waals surface area contributed by atoms with Crippen LogP contribution >= 0.6 is 23.2 Å². The summed E-state index contributed by atoms with van der Waals surface area (Å²) in [4.78, 5) is 26.4. The molecule has 0 atom stereocenters. The van der Waals surface area contributed by atoms with Crippen molar-refractivity contribution in [3.05, 3.63) is 59.1 Å². The van der Waals surface area contributed by atoms with Crippen molar-refractivity contribution >= 4 is 35.1 Å². The Morgan fingerprint density at radius 3 is 1.18 bits per heavy atom. The molecule has 2 heterocycles. The Kier molecular flexibility index (Phi) is 15.0. The van der Waals surface area contributed by atoms with Crippen LogP contribution in [0.5, 0.6) is 0 Å². The summed E-state index contributed by atoms with van der Waals surface area (Å²) < 4.78 is 0. The molecule has 0 aromatic carbocycles. The van der Waals surface area contributed by atoms with Gasteiger partial charge in [-0.25, -0.2) is 0 Å². The predicted octanol–water partition coefficient (Wildman–Crippen LogP) is 3.01. The summed E-state index contributed by atoms with van der Waals surface area (Å²) in [5, 5.41) is 16.9. The fourth-order valence-corrected chi connectivity index (χ4v) is 1.02. The van der Waals surface area contributed by atoms with Gasteiger partial charge in [-0.2, -0.15) is 0 Å². The van der Waals surface area contributed by atoms with Gasteiger partial charge < -0.3 is 10.2 Å². The van der Waals surface area contributed by atoms with Crippen molar-refractivity contribution in [2.75, 3.05) is 0 Å². The summed E-state index contributed by atoms with van der Waals surface area (Å²) in [5.41, 5.74) is 0. The molecule has 122 valence electrons. The molecule has 0 aliphatic rings. The van der Waals surface area contributed by atoms with E-state index in [4.69, 9.17) is 33.4 Å². The number of aliphatic carboxylic acids is 2. The zero-order chi connectivity index (χ0) is 16.1. The van der Waals surface area contributed by atoms with Gasteiger partial charge in [-0.05, 0) is 24.3 Å². The molecule has 0 aliphatic heterocycles. The Morgan fingerprint density at radius 1 is 0.818 bits per heavy atom. The van der Waals surface area contributed by atoms with E-state index in [-0.39, 0.29) is 21.1 Å². The largest absolute Gasteiger partial charge is 0.481 e. The van der Waals surface area contributed by atoms with Crippen molar-refractivity contribution in [2.45, 2.75) is 6.42 Å². The topological polar surface area (TPSA) is 100 Å². The van der Waals surface area contributed by atoms with Crippen LogP contribution in [0.2, 0.25) is 10.0 Å². The quantitative estimate of drug-likeness (QED) is 0.584. The predicted molar refractivity (Wildman–Crippen MR) is 78.4 cm³/mol. The van der Waals surface area contributed by atoms with E-state index in [1.165, 1.54) is 0 Å². The van der Waals surface area contributed by atoms with Crippen molar-refractivity contribution in [1.82, 2.24) is 9.97 Å². The second kappa shape index (κ2) is 14.4. The Morgan fingerprint density at radius 2 is 1.09 bits per heavy atom. The minimum atomic E-state index is -1.31. The van der Waals surface area contributed by atoms with Gasteiger partial charge in [-0.15, -0.1) is 0 Å². The number of hydrogen-bond acceptors (Lipinski definition) is 4. The number of carboxylic acids is 2. The van der Waals surface area contributed by atoms with Crippen LogP contribution in [-0.2, 0) is 30.7 Å². The van der Waals surface area contributed by atoms with Crippen molar-refractivity contribution in [1.29, 1.82) is 0 Å². The first kappa shape index (κ1) is 22.8. The van der Waals surface area contributed by atoms with E-state index < -0.39 is 18.4 Å². The van der Waals surface area contributed by atoms with E-state index in [1.54, 1.807) is 49.1 Å². The Bertz CT molecular complexity index is 495. The Labute approximate surface area is 151 Å². The van der Waals surface area contributed by atoms with E-state index >= 15 is 0 Å². The number of hydrogen-bond donors (Lipinski definition) is 2. The zero-order valence-electron chi connectivity index (χ0n) is 11.0. The third-order valence-electron chi connectivity index (χ3n) is 1.58. The molecule has 0 bridgehead atoms. The van der Waals surface area contributed by atoms with E-state index in [0.717, 1.165) is 10.0 Å². The molecular formula is C13H12Cl2N2O4Pt. The van der Waals surface area contributed by atoms with Crippen LogP contribution in [0.25, 0.3) is 0 Å². The van der Waals surface area contributed by atoms with E-state index in [1.807, 2.05) is 0 Å². The van der Waals surface area contributed by atoms with Crippen LogP contribution in [0, 0.1) is 0 Å². The standard InChI is InChI=1S/2C5H4ClN.C3H4O4.Pt/c2*6-5-1-3-7-4-2-5;4-2(5)1-3(6)7;/h2*1-4H;1H2,(H,4,5)(H,6,7);. The Hall–Kier alpha value is -1.49. The molecule has 6 nitrogen and oxygen atoms in total. The van der Waals surface area contributed by atoms with Gasteiger partial charge in [-0.1, -0.05) is 23.2 Å². The van der Waals surface area contributed by atoms with Crippen LogP contribution in [0.4, 0.5) is 0 Å². The van der Waals surface area contributed by atoms with Gasteiger partial charge in [0.05, 0.1) is 0 Å². The monoisotopic (exact) mass is 525 g/mol. The van der Waals surface area contributed by atoms with Gasteiger partial charge >= 0.3 is 11.9 Å². The summed E-state index contributed by atoms with van der Waals surface area (Å²) in [7, 11) is 0. The maximum Gasteiger partial charge on any atom is 0.314 e. The number of pyridine rings is 2. The second-order valence-electron chi connectivity index (χ2n) is 3.30. The summed E-state index contributed by atoms with van der Waals surface area (Å²) in [5.74, 6) is -2.62. The van der Waals surface area contributed by atoms with Gasteiger partial charge in [0.2, 0.25) is 0 Å². The molecule has 0 radical (unpaired) electrons. The summed E-state index contributed by atoms with van der Waals surface area (Å²) >= 11 is 11.0. The molecule has 9 heteroatoms. The van der Waals surface area contributed by atoms with Gasteiger partial charge in [0.25, 0.3) is 0 Å². The molecular weight excluding hydrogens is 514 g/mol. The van der Waals surface area contributed by atoms with E-state index in [2.05, 4.69) is 9.97 Å². The number of aromatic nitrogens is 2. The summed E-state index contributed by atoms with van der Waals surface area (Å²) in [6.45, 7) is 0. The molecule has 2 N–H and O–H groups in total. The fraction of sp³-hybridized carbons (Fsp3) is 0.0769. The van der Waals surface area contributed by atoms with Crippen LogP contribution in [0.3, 0.4) is 0 Å². The number of halogens is 2. The first-order chi connectivity index (χ1) is 9.91. The number of carboxylic acid groups (broad SMARTS) is 2. The molecule has 0 fully saturated rings. The van der Waals surface area contributed by atoms with Gasteiger partial charge in [0.15, 0.2) is 0 Å². The van der Waals surface area contributed by atoms with Gasteiger partial charge in [-0.3, -0.25) is 19.6 Å². The van der Waals surface area contributed by atoms with Gasteiger partial charge in [0.1, 0.15) is 6.42 Å². The molecule has 0 spiro atoms. The molecule has 0 amide bonds. The SMILES string of the molecule is Clc1ccncc1.Clc1ccncc1.O=C(O)CC(=O)O.[Pt]. The average molecular weight is 526 g/mol. The van der Waals surface area contributed by atoms with Crippen LogP contribution < -0.4 is 0 Å². The third-order valence-corrected chi connectivity index (χ3v) is 2.09. The molecule has 0 saturated heterocycles. The maximum atomic E-state index is 9.43. The molecule has 0 aliphatic carbocycles. The molecule has 0 saturated carbocycles. The minimum absolute atomic E-state index is 0. The number of rotatable bonds is 2. The second-order valence-corrected chi connectivity index (χ2v) is 4.17. The molecule has 2 aromatic heterocycles. The van der Waals surface area contributed by atoms with Crippen molar-refractivity contribution in [3.63, 3.8) is 0 Å². The van der Waals surface area contributed by atoms with Crippen LogP contribution in [0.15, 0.2) is 49.1 Å². The van der Waals surface area contributed by atoms with E-state index in [0.29, 0.717) is 0 Å². The maximum absolute atomic E-state index is 9.43. The first-order valence-electron chi connectivity index (χ1n) is 5.46. The fourth-order valence-electron chi connectivity index (χ4n) is 0.797. The molecule has 22 heavy (non-hydrogen) atoms. The number of nitrogens with zero attached hydrogens (tertiary/aromatic N) is 2. The van der Waals surface area contributed by atoms with Crippen LogP contribution in [0.1, 0.15) is 6.42 Å². The van der Waals surface area contributed by atoms with Crippen LogP contribution in [-0.4, -0.2) is 32.1 Å². The minimum Gasteiger partial charge on any atom is -0.481 e. The van der Waals surface area contributed by atoms with E-state index in [9.17, 15) is 9.59 Å². The normalized spacial score (nSPS) is 8.09. The molecule has 2 aromatic rings. The smallest absolute Gasteiger partial charge is 0.314 e. The van der Waals surface area contributed by atoms with Crippen molar-refractivity contribution < 1.29 is 40.9 Å².